The molecule has 27 heavy (non-hydrogen) atoms. The van der Waals surface area contributed by atoms with E-state index in [-0.39, 0.29) is 17.7 Å². The molecular weight excluding hydrogens is 338 g/mol. The molecule has 0 spiro atoms. The van der Waals surface area contributed by atoms with Gasteiger partial charge in [0.1, 0.15) is 6.04 Å². The van der Waals surface area contributed by atoms with Gasteiger partial charge in [-0.05, 0) is 30.9 Å². The van der Waals surface area contributed by atoms with Crippen LogP contribution in [0.5, 0.6) is 0 Å². The lowest BCUT2D eigenvalue weighted by molar-refractivity contribution is -0.136. The third-order valence-corrected chi connectivity index (χ3v) is 5.19. The fourth-order valence-corrected chi connectivity index (χ4v) is 3.40. The van der Waals surface area contributed by atoms with Gasteiger partial charge in [0.05, 0.1) is 0 Å². The molecule has 1 atom stereocenters. The molecule has 1 saturated heterocycles. The van der Waals surface area contributed by atoms with E-state index in [0.29, 0.717) is 32.5 Å². The van der Waals surface area contributed by atoms with Crippen LogP contribution in [-0.4, -0.2) is 29.8 Å². The average molecular weight is 365 g/mol. The molecule has 2 amide bonds. The van der Waals surface area contributed by atoms with E-state index in [9.17, 15) is 9.59 Å². The predicted octanol–water partition coefficient (Wildman–Crippen LogP) is 2.55. The molecule has 0 radical (unpaired) electrons. The molecule has 1 fully saturated rings. The van der Waals surface area contributed by atoms with Crippen LogP contribution in [0.15, 0.2) is 54.6 Å². The first kappa shape index (κ1) is 19.1. The fourth-order valence-electron chi connectivity index (χ4n) is 3.40. The van der Waals surface area contributed by atoms with Crippen LogP contribution in [0.3, 0.4) is 0 Å². The SMILES string of the molecule is Cc1ccc(CNC(=O)C2CCN(C(=O)C(N)c3ccccc3)CC2)cc1. The smallest absolute Gasteiger partial charge is 0.244 e. The zero-order valence-electron chi connectivity index (χ0n) is 15.7. The van der Waals surface area contributed by atoms with Crippen LogP contribution in [0.1, 0.15) is 35.6 Å². The normalized spacial score (nSPS) is 16.0. The van der Waals surface area contributed by atoms with Gasteiger partial charge in [-0.3, -0.25) is 9.59 Å². The topological polar surface area (TPSA) is 75.4 Å². The summed E-state index contributed by atoms with van der Waals surface area (Å²) in [6, 6.07) is 16.9. The number of nitrogens with two attached hydrogens (primary N) is 1. The van der Waals surface area contributed by atoms with E-state index in [0.717, 1.165) is 11.1 Å². The lowest BCUT2D eigenvalue weighted by Crippen LogP contribution is -2.45. The number of nitrogens with zero attached hydrogens (tertiary/aromatic N) is 1. The summed E-state index contributed by atoms with van der Waals surface area (Å²) in [4.78, 5) is 26.8. The third-order valence-electron chi connectivity index (χ3n) is 5.19. The third kappa shape index (κ3) is 4.95. The summed E-state index contributed by atoms with van der Waals surface area (Å²) >= 11 is 0. The molecule has 0 bridgehead atoms. The Morgan fingerprint density at radius 1 is 1.07 bits per heavy atom. The number of carbonyl (C=O) groups is 2. The number of likely N-dealkylation sites (tertiary alicyclic amines) is 1. The van der Waals surface area contributed by atoms with Crippen molar-refractivity contribution in [2.75, 3.05) is 13.1 Å². The molecule has 0 saturated carbocycles. The second-order valence-electron chi connectivity index (χ2n) is 7.19. The first-order valence-corrected chi connectivity index (χ1v) is 9.47. The van der Waals surface area contributed by atoms with Crippen LogP contribution in [0.2, 0.25) is 0 Å². The van der Waals surface area contributed by atoms with Crippen molar-refractivity contribution in [3.63, 3.8) is 0 Å². The van der Waals surface area contributed by atoms with Crippen LogP contribution in [-0.2, 0) is 16.1 Å². The van der Waals surface area contributed by atoms with E-state index >= 15 is 0 Å². The van der Waals surface area contributed by atoms with Crippen molar-refractivity contribution in [1.82, 2.24) is 10.2 Å². The summed E-state index contributed by atoms with van der Waals surface area (Å²) < 4.78 is 0. The molecular formula is C22H27N3O2. The van der Waals surface area contributed by atoms with Crippen molar-refractivity contribution >= 4 is 11.8 Å². The molecule has 2 aromatic rings. The lowest BCUT2D eigenvalue weighted by atomic mass is 9.94. The van der Waals surface area contributed by atoms with Gasteiger partial charge in [0.15, 0.2) is 0 Å². The number of nitrogens with one attached hydrogen (secondary N) is 1. The van der Waals surface area contributed by atoms with Crippen molar-refractivity contribution < 1.29 is 9.59 Å². The molecule has 0 aromatic heterocycles. The van der Waals surface area contributed by atoms with Crippen LogP contribution < -0.4 is 11.1 Å². The van der Waals surface area contributed by atoms with Crippen molar-refractivity contribution in [3.05, 3.63) is 71.3 Å². The number of rotatable bonds is 5. The van der Waals surface area contributed by atoms with Gasteiger partial charge in [-0.1, -0.05) is 60.2 Å². The van der Waals surface area contributed by atoms with Gasteiger partial charge in [-0.25, -0.2) is 0 Å². The summed E-state index contributed by atoms with van der Waals surface area (Å²) in [7, 11) is 0. The van der Waals surface area contributed by atoms with Gasteiger partial charge in [0.2, 0.25) is 11.8 Å². The van der Waals surface area contributed by atoms with Gasteiger partial charge in [0, 0.05) is 25.6 Å². The van der Waals surface area contributed by atoms with E-state index < -0.39 is 6.04 Å². The van der Waals surface area contributed by atoms with Crippen LogP contribution in [0, 0.1) is 12.8 Å². The van der Waals surface area contributed by atoms with Gasteiger partial charge in [0.25, 0.3) is 0 Å². The molecule has 3 rings (SSSR count). The Balaban J connectivity index is 1.47. The second-order valence-corrected chi connectivity index (χ2v) is 7.19. The van der Waals surface area contributed by atoms with E-state index in [1.54, 1.807) is 4.90 Å². The van der Waals surface area contributed by atoms with Gasteiger partial charge < -0.3 is 16.0 Å². The number of piperidine rings is 1. The van der Waals surface area contributed by atoms with Gasteiger partial charge in [-0.15, -0.1) is 0 Å². The van der Waals surface area contributed by atoms with Crippen molar-refractivity contribution in [1.29, 1.82) is 0 Å². The highest BCUT2D eigenvalue weighted by atomic mass is 16.2. The highest BCUT2D eigenvalue weighted by Gasteiger charge is 2.29. The van der Waals surface area contributed by atoms with Crippen molar-refractivity contribution in [2.24, 2.45) is 11.7 Å². The maximum atomic E-state index is 12.6. The Labute approximate surface area is 160 Å². The van der Waals surface area contributed by atoms with E-state index in [1.807, 2.05) is 61.5 Å². The minimum atomic E-state index is -0.641. The van der Waals surface area contributed by atoms with E-state index in [4.69, 9.17) is 5.73 Å². The molecule has 1 aliphatic rings. The maximum Gasteiger partial charge on any atom is 0.244 e. The summed E-state index contributed by atoms with van der Waals surface area (Å²) in [5, 5.41) is 3.01. The van der Waals surface area contributed by atoms with Crippen molar-refractivity contribution in [3.8, 4) is 0 Å². The molecule has 5 nitrogen and oxygen atoms in total. The second kappa shape index (κ2) is 8.82. The Hall–Kier alpha value is -2.66. The highest BCUT2D eigenvalue weighted by molar-refractivity contribution is 5.84. The number of aryl methyl sites for hydroxylation is 1. The number of amides is 2. The summed E-state index contributed by atoms with van der Waals surface area (Å²) in [6.07, 6.45) is 1.35. The number of hydrogen-bond acceptors (Lipinski definition) is 3. The molecule has 1 heterocycles. The molecule has 3 N–H and O–H groups in total. The summed E-state index contributed by atoms with van der Waals surface area (Å²) in [5.74, 6) is -0.0535. The molecule has 5 heteroatoms. The molecule has 0 aliphatic carbocycles. The van der Waals surface area contributed by atoms with Crippen molar-refractivity contribution in [2.45, 2.75) is 32.4 Å². The summed E-state index contributed by atoms with van der Waals surface area (Å²) in [6.45, 7) is 3.72. The Morgan fingerprint density at radius 2 is 1.70 bits per heavy atom. The Kier molecular flexibility index (Phi) is 6.24. The quantitative estimate of drug-likeness (QED) is 0.855. The van der Waals surface area contributed by atoms with E-state index in [2.05, 4.69) is 5.32 Å². The first-order valence-electron chi connectivity index (χ1n) is 9.47. The molecule has 142 valence electrons. The fraction of sp³-hybridized carbons (Fsp3) is 0.364. The summed E-state index contributed by atoms with van der Waals surface area (Å²) in [5.41, 5.74) is 9.23. The lowest BCUT2D eigenvalue weighted by Gasteiger charge is -2.33. The molecule has 1 unspecified atom stereocenters. The minimum absolute atomic E-state index is 0.0487. The molecule has 1 aliphatic heterocycles. The monoisotopic (exact) mass is 365 g/mol. The van der Waals surface area contributed by atoms with Gasteiger partial charge in [-0.2, -0.15) is 0 Å². The van der Waals surface area contributed by atoms with Crippen LogP contribution in [0.25, 0.3) is 0 Å². The number of benzene rings is 2. The standard InChI is InChI=1S/C22H27N3O2/c1-16-7-9-17(10-8-16)15-24-21(26)19-11-13-25(14-12-19)22(27)20(23)18-5-3-2-4-6-18/h2-10,19-20H,11-15,23H2,1H3,(H,24,26). The number of hydrogen-bond donors (Lipinski definition) is 2. The van der Waals surface area contributed by atoms with E-state index in [1.165, 1.54) is 5.56 Å². The average Bonchev–Trinajstić information content (AvgIpc) is 2.73. The van der Waals surface area contributed by atoms with Gasteiger partial charge >= 0.3 is 0 Å². The zero-order valence-corrected chi connectivity index (χ0v) is 15.7. The van der Waals surface area contributed by atoms with Crippen LogP contribution in [0.4, 0.5) is 0 Å². The Morgan fingerprint density at radius 3 is 2.33 bits per heavy atom. The molecule has 2 aromatic carbocycles. The first-order chi connectivity index (χ1) is 13.0. The largest absolute Gasteiger partial charge is 0.352 e. The number of carbonyl (C=O) groups excluding carboxylic acids is 2. The highest BCUT2D eigenvalue weighted by Crippen LogP contribution is 2.21. The van der Waals surface area contributed by atoms with Crippen LogP contribution >= 0.6 is 0 Å². The zero-order chi connectivity index (χ0) is 19.2. The Bertz CT molecular complexity index is 766. The maximum absolute atomic E-state index is 12.6. The minimum Gasteiger partial charge on any atom is -0.352 e. The predicted molar refractivity (Wildman–Crippen MR) is 106 cm³/mol.